The van der Waals surface area contributed by atoms with E-state index in [1.165, 1.54) is 5.69 Å². The van der Waals surface area contributed by atoms with Gasteiger partial charge in [0, 0.05) is 63.1 Å². The smallest absolute Gasteiger partial charge is 0.255 e. The molecule has 0 aliphatic carbocycles. The summed E-state index contributed by atoms with van der Waals surface area (Å²) in [6, 6.07) is 4.04. The predicted molar refractivity (Wildman–Crippen MR) is 106 cm³/mol. The molecule has 27 heavy (non-hydrogen) atoms. The topological polar surface area (TPSA) is 50.5 Å². The maximum atomic E-state index is 12.8. The molecule has 0 N–H and O–H groups in total. The van der Waals surface area contributed by atoms with Crippen LogP contribution in [0.15, 0.2) is 12.1 Å². The van der Waals surface area contributed by atoms with Gasteiger partial charge in [-0.2, -0.15) is 0 Å². The molecule has 0 spiro atoms. The summed E-state index contributed by atoms with van der Waals surface area (Å²) in [6.07, 6.45) is 0.429. The minimum Gasteiger partial charge on any atom is -0.352 e. The van der Waals surface area contributed by atoms with Crippen molar-refractivity contribution in [2.45, 2.75) is 34.1 Å². The van der Waals surface area contributed by atoms with Crippen LogP contribution < -0.4 is 0 Å². The van der Waals surface area contributed by atoms with Crippen LogP contribution in [0.4, 0.5) is 0 Å². The van der Waals surface area contributed by atoms with E-state index >= 15 is 0 Å². The highest BCUT2D eigenvalue weighted by molar-refractivity contribution is 5.96. The highest BCUT2D eigenvalue weighted by Gasteiger charge is 2.27. The van der Waals surface area contributed by atoms with Gasteiger partial charge in [-0.1, -0.05) is 0 Å². The van der Waals surface area contributed by atoms with Crippen LogP contribution in [0.3, 0.4) is 0 Å². The molecule has 3 rings (SSSR count). The Hall–Kier alpha value is -2.50. The summed E-state index contributed by atoms with van der Waals surface area (Å²) in [7, 11) is 4.00. The van der Waals surface area contributed by atoms with E-state index in [1.54, 1.807) is 0 Å². The number of carbonyl (C=O) groups excluding carboxylic acids is 2. The Morgan fingerprint density at radius 3 is 1.81 bits per heavy atom. The summed E-state index contributed by atoms with van der Waals surface area (Å²) >= 11 is 0. The second kappa shape index (κ2) is 7.25. The molecule has 6 heteroatoms. The van der Waals surface area contributed by atoms with E-state index in [2.05, 4.69) is 24.5 Å². The number of hydrogen-bond donors (Lipinski definition) is 0. The molecular formula is C21H30N4O2. The van der Waals surface area contributed by atoms with Gasteiger partial charge in [-0.15, -0.1) is 0 Å². The van der Waals surface area contributed by atoms with E-state index in [9.17, 15) is 9.59 Å². The summed E-state index contributed by atoms with van der Waals surface area (Å²) in [4.78, 5) is 29.3. The lowest BCUT2D eigenvalue weighted by Gasteiger charge is -2.35. The summed E-state index contributed by atoms with van der Waals surface area (Å²) in [6.45, 7) is 10.5. The Morgan fingerprint density at radius 1 is 0.815 bits per heavy atom. The van der Waals surface area contributed by atoms with E-state index in [1.807, 2.05) is 48.4 Å². The van der Waals surface area contributed by atoms with Crippen LogP contribution in [0, 0.1) is 27.7 Å². The molecule has 1 aliphatic rings. The lowest BCUT2D eigenvalue weighted by Crippen LogP contribution is -2.51. The normalized spacial score (nSPS) is 14.7. The van der Waals surface area contributed by atoms with Gasteiger partial charge in [0.05, 0.1) is 12.0 Å². The van der Waals surface area contributed by atoms with Gasteiger partial charge < -0.3 is 18.9 Å². The standard InChI is InChI=1S/C21H30N4O2/c1-14-11-18(16(3)22(14)5)13-20(26)24-7-9-25(10-8-24)21(27)19-12-15(2)23(6)17(19)4/h11-12H,7-10,13H2,1-6H3. The fourth-order valence-electron chi connectivity index (χ4n) is 3.79. The minimum atomic E-state index is 0.0674. The van der Waals surface area contributed by atoms with Crippen molar-refractivity contribution in [1.82, 2.24) is 18.9 Å². The molecule has 3 heterocycles. The largest absolute Gasteiger partial charge is 0.352 e. The van der Waals surface area contributed by atoms with Crippen molar-refractivity contribution < 1.29 is 9.59 Å². The van der Waals surface area contributed by atoms with Crippen LogP contribution >= 0.6 is 0 Å². The van der Waals surface area contributed by atoms with E-state index in [0.29, 0.717) is 32.6 Å². The molecule has 0 unspecified atom stereocenters. The van der Waals surface area contributed by atoms with Crippen molar-refractivity contribution >= 4 is 11.8 Å². The molecule has 1 aliphatic heterocycles. The van der Waals surface area contributed by atoms with Gasteiger partial charge in [0.15, 0.2) is 0 Å². The van der Waals surface area contributed by atoms with Crippen molar-refractivity contribution in [1.29, 1.82) is 0 Å². The number of carbonyl (C=O) groups is 2. The van der Waals surface area contributed by atoms with E-state index in [0.717, 1.165) is 28.2 Å². The average molecular weight is 370 g/mol. The fraction of sp³-hybridized carbons (Fsp3) is 0.524. The van der Waals surface area contributed by atoms with E-state index < -0.39 is 0 Å². The first kappa shape index (κ1) is 19.3. The monoisotopic (exact) mass is 370 g/mol. The third kappa shape index (κ3) is 3.53. The summed E-state index contributed by atoms with van der Waals surface area (Å²) in [5.41, 5.74) is 6.24. The van der Waals surface area contributed by atoms with Crippen LogP contribution in [0.25, 0.3) is 0 Å². The molecule has 0 atom stereocenters. The zero-order valence-electron chi connectivity index (χ0n) is 17.3. The summed E-state index contributed by atoms with van der Waals surface area (Å²) < 4.78 is 4.15. The van der Waals surface area contributed by atoms with Crippen LogP contribution in [0.5, 0.6) is 0 Å². The molecule has 6 nitrogen and oxygen atoms in total. The first-order valence-corrected chi connectivity index (χ1v) is 9.52. The first-order chi connectivity index (χ1) is 12.7. The molecule has 1 fully saturated rings. The maximum Gasteiger partial charge on any atom is 0.255 e. The van der Waals surface area contributed by atoms with Crippen LogP contribution in [-0.4, -0.2) is 56.9 Å². The average Bonchev–Trinajstić information content (AvgIpc) is 3.05. The fourth-order valence-corrected chi connectivity index (χ4v) is 3.79. The van der Waals surface area contributed by atoms with Crippen molar-refractivity contribution in [2.75, 3.05) is 26.2 Å². The maximum absolute atomic E-state index is 12.8. The SMILES string of the molecule is Cc1cc(CC(=O)N2CCN(C(=O)c3cc(C)n(C)c3C)CC2)c(C)n1C. The second-order valence-electron chi connectivity index (χ2n) is 7.65. The Labute approximate surface area is 161 Å². The van der Waals surface area contributed by atoms with Crippen molar-refractivity contribution in [3.8, 4) is 0 Å². The number of aryl methyl sites for hydroxylation is 2. The van der Waals surface area contributed by atoms with Gasteiger partial charge in [0.2, 0.25) is 5.91 Å². The zero-order valence-corrected chi connectivity index (χ0v) is 17.3. The molecule has 2 aromatic heterocycles. The molecule has 1 saturated heterocycles. The number of hydrogen-bond acceptors (Lipinski definition) is 2. The molecule has 0 radical (unpaired) electrons. The third-order valence-electron chi connectivity index (χ3n) is 6.15. The Balaban J connectivity index is 1.61. The molecule has 0 bridgehead atoms. The highest BCUT2D eigenvalue weighted by atomic mass is 16.2. The zero-order chi connectivity index (χ0) is 19.9. The Kier molecular flexibility index (Phi) is 5.18. The van der Waals surface area contributed by atoms with Gasteiger partial charge in [0.25, 0.3) is 5.91 Å². The number of nitrogens with zero attached hydrogens (tertiary/aromatic N) is 4. The first-order valence-electron chi connectivity index (χ1n) is 9.52. The van der Waals surface area contributed by atoms with Gasteiger partial charge in [-0.05, 0) is 45.4 Å². The van der Waals surface area contributed by atoms with Crippen molar-refractivity contribution in [3.05, 3.63) is 46.0 Å². The van der Waals surface area contributed by atoms with Crippen LogP contribution in [0.1, 0.15) is 38.7 Å². The highest BCUT2D eigenvalue weighted by Crippen LogP contribution is 2.18. The van der Waals surface area contributed by atoms with Crippen LogP contribution in [0.2, 0.25) is 0 Å². The van der Waals surface area contributed by atoms with Crippen molar-refractivity contribution in [3.63, 3.8) is 0 Å². The predicted octanol–water partition coefficient (Wildman–Crippen LogP) is 2.12. The quantitative estimate of drug-likeness (QED) is 0.831. The lowest BCUT2D eigenvalue weighted by atomic mass is 10.1. The molecule has 2 amide bonds. The second-order valence-corrected chi connectivity index (χ2v) is 7.65. The number of aromatic nitrogens is 2. The molecule has 0 aromatic carbocycles. The Bertz CT molecular complexity index is 883. The minimum absolute atomic E-state index is 0.0674. The third-order valence-corrected chi connectivity index (χ3v) is 6.15. The van der Waals surface area contributed by atoms with Gasteiger partial charge in [0.1, 0.15) is 0 Å². The number of rotatable bonds is 3. The summed E-state index contributed by atoms with van der Waals surface area (Å²) in [5.74, 6) is 0.209. The van der Waals surface area contributed by atoms with Gasteiger partial charge in [-0.3, -0.25) is 9.59 Å². The van der Waals surface area contributed by atoms with Crippen molar-refractivity contribution in [2.24, 2.45) is 14.1 Å². The molecule has 0 saturated carbocycles. The lowest BCUT2D eigenvalue weighted by molar-refractivity contribution is -0.131. The van der Waals surface area contributed by atoms with E-state index in [-0.39, 0.29) is 11.8 Å². The van der Waals surface area contributed by atoms with Crippen LogP contribution in [-0.2, 0) is 25.3 Å². The van der Waals surface area contributed by atoms with E-state index in [4.69, 9.17) is 0 Å². The number of amides is 2. The van der Waals surface area contributed by atoms with Gasteiger partial charge in [-0.25, -0.2) is 0 Å². The molecule has 2 aromatic rings. The number of piperazine rings is 1. The summed E-state index contributed by atoms with van der Waals surface area (Å²) in [5, 5.41) is 0. The molecular weight excluding hydrogens is 340 g/mol. The molecule has 146 valence electrons. The van der Waals surface area contributed by atoms with Gasteiger partial charge >= 0.3 is 0 Å². The Morgan fingerprint density at radius 2 is 1.33 bits per heavy atom.